The summed E-state index contributed by atoms with van der Waals surface area (Å²) in [7, 11) is 1.47. The van der Waals surface area contributed by atoms with Crippen LogP contribution in [0.1, 0.15) is 12.5 Å². The van der Waals surface area contributed by atoms with Crippen molar-refractivity contribution in [2.75, 3.05) is 12.4 Å². The summed E-state index contributed by atoms with van der Waals surface area (Å²) in [5.41, 5.74) is -0.890. The molecule has 0 bridgehead atoms. The van der Waals surface area contributed by atoms with Gasteiger partial charge in [0.2, 0.25) is 5.91 Å². The molecule has 1 heterocycles. The highest BCUT2D eigenvalue weighted by Crippen LogP contribution is 2.42. The van der Waals surface area contributed by atoms with Gasteiger partial charge in [-0.3, -0.25) is 9.59 Å². The van der Waals surface area contributed by atoms with Crippen LogP contribution >= 0.6 is 15.9 Å². The lowest BCUT2D eigenvalue weighted by Crippen LogP contribution is -2.47. The molecule has 0 radical (unpaired) electrons. The first-order valence-electron chi connectivity index (χ1n) is 5.46. The minimum absolute atomic E-state index is 0.388. The molecule has 2 amide bonds. The predicted octanol–water partition coefficient (Wildman–Crippen LogP) is 0.971. The predicted molar refractivity (Wildman–Crippen MR) is 69.9 cm³/mol. The zero-order valence-electron chi connectivity index (χ0n) is 9.95. The van der Waals surface area contributed by atoms with Crippen molar-refractivity contribution in [1.29, 1.82) is 0 Å². The number of rotatable bonds is 2. The van der Waals surface area contributed by atoms with Gasteiger partial charge in [0.1, 0.15) is 0 Å². The highest BCUT2D eigenvalue weighted by atomic mass is 79.9. The number of amides is 2. The molecule has 2 atom stereocenters. The van der Waals surface area contributed by atoms with E-state index >= 15 is 0 Å². The second-order valence-corrected chi connectivity index (χ2v) is 5.16. The Hall–Kier alpha value is -1.40. The van der Waals surface area contributed by atoms with Gasteiger partial charge in [-0.05, 0) is 25.1 Å². The second kappa shape index (κ2) is 4.37. The van der Waals surface area contributed by atoms with Crippen LogP contribution in [0.2, 0.25) is 0 Å². The summed E-state index contributed by atoms with van der Waals surface area (Å²) in [5, 5.41) is 15.6. The molecule has 0 saturated heterocycles. The van der Waals surface area contributed by atoms with E-state index in [9.17, 15) is 14.7 Å². The fourth-order valence-electron chi connectivity index (χ4n) is 2.12. The Kier molecular flexibility index (Phi) is 3.16. The number of benzene rings is 1. The SMILES string of the molecule is CNC(=O)C(C)C1(O)C(=O)Nc2ccc(Br)cc21. The van der Waals surface area contributed by atoms with Gasteiger partial charge in [-0.25, -0.2) is 0 Å². The maximum atomic E-state index is 12.0. The molecule has 0 spiro atoms. The van der Waals surface area contributed by atoms with Gasteiger partial charge in [-0.15, -0.1) is 0 Å². The van der Waals surface area contributed by atoms with Gasteiger partial charge in [0.25, 0.3) is 5.91 Å². The zero-order chi connectivity index (χ0) is 13.5. The summed E-state index contributed by atoms with van der Waals surface area (Å²) in [6, 6.07) is 5.09. The van der Waals surface area contributed by atoms with Crippen LogP contribution in [0, 0.1) is 5.92 Å². The summed E-state index contributed by atoms with van der Waals surface area (Å²) >= 11 is 3.29. The van der Waals surface area contributed by atoms with Crippen molar-refractivity contribution in [3.8, 4) is 0 Å². The summed E-state index contributed by atoms with van der Waals surface area (Å²) < 4.78 is 0.736. The molecule has 2 rings (SSSR count). The monoisotopic (exact) mass is 312 g/mol. The molecular formula is C12H13BrN2O3. The number of nitrogens with one attached hydrogen (secondary N) is 2. The molecule has 3 N–H and O–H groups in total. The van der Waals surface area contributed by atoms with Crippen molar-refractivity contribution in [3.63, 3.8) is 0 Å². The molecule has 18 heavy (non-hydrogen) atoms. The highest BCUT2D eigenvalue weighted by Gasteiger charge is 2.51. The molecule has 1 aliphatic rings. The number of carbonyl (C=O) groups is 2. The molecule has 0 saturated carbocycles. The molecular weight excluding hydrogens is 300 g/mol. The van der Waals surface area contributed by atoms with Gasteiger partial charge in [0.05, 0.1) is 5.92 Å². The van der Waals surface area contributed by atoms with E-state index in [1.54, 1.807) is 18.2 Å². The Labute approximate surface area is 113 Å². The van der Waals surface area contributed by atoms with E-state index in [0.29, 0.717) is 11.3 Å². The average molecular weight is 313 g/mol. The quantitative estimate of drug-likeness (QED) is 0.761. The number of carbonyl (C=O) groups excluding carboxylic acids is 2. The van der Waals surface area contributed by atoms with Crippen molar-refractivity contribution in [2.24, 2.45) is 5.92 Å². The molecule has 0 fully saturated rings. The lowest BCUT2D eigenvalue weighted by molar-refractivity contribution is -0.148. The van der Waals surface area contributed by atoms with Crippen molar-refractivity contribution >= 4 is 33.4 Å². The van der Waals surface area contributed by atoms with Crippen molar-refractivity contribution in [1.82, 2.24) is 5.32 Å². The van der Waals surface area contributed by atoms with Crippen LogP contribution < -0.4 is 10.6 Å². The molecule has 2 unspecified atom stereocenters. The molecule has 96 valence electrons. The molecule has 0 aliphatic carbocycles. The van der Waals surface area contributed by atoms with E-state index in [2.05, 4.69) is 26.6 Å². The van der Waals surface area contributed by atoms with E-state index in [-0.39, 0.29) is 5.91 Å². The highest BCUT2D eigenvalue weighted by molar-refractivity contribution is 9.10. The van der Waals surface area contributed by atoms with Crippen LogP contribution in [0.15, 0.2) is 22.7 Å². The maximum absolute atomic E-state index is 12.0. The van der Waals surface area contributed by atoms with E-state index in [4.69, 9.17) is 0 Å². The molecule has 1 aromatic rings. The standard InChI is InChI=1S/C12H13BrN2O3/c1-6(10(16)14-2)12(18)8-5-7(13)3-4-9(8)15-11(12)17/h3-6,18H,1-2H3,(H,14,16)(H,15,17). The Balaban J connectivity index is 2.54. The van der Waals surface area contributed by atoms with Gasteiger partial charge >= 0.3 is 0 Å². The number of halogens is 1. The van der Waals surface area contributed by atoms with Crippen LogP contribution in [-0.2, 0) is 15.2 Å². The normalized spacial score (nSPS) is 23.2. The third-order valence-corrected chi connectivity index (χ3v) is 3.75. The molecule has 0 aromatic heterocycles. The smallest absolute Gasteiger partial charge is 0.261 e. The molecule has 5 nitrogen and oxygen atoms in total. The minimum Gasteiger partial charge on any atom is -0.375 e. The fourth-order valence-corrected chi connectivity index (χ4v) is 2.48. The van der Waals surface area contributed by atoms with Crippen LogP contribution in [-0.4, -0.2) is 24.0 Å². The Morgan fingerprint density at radius 3 is 2.83 bits per heavy atom. The van der Waals surface area contributed by atoms with E-state index in [1.165, 1.54) is 14.0 Å². The van der Waals surface area contributed by atoms with Crippen molar-refractivity contribution in [2.45, 2.75) is 12.5 Å². The van der Waals surface area contributed by atoms with E-state index in [1.807, 2.05) is 0 Å². The number of hydrogen-bond donors (Lipinski definition) is 3. The summed E-state index contributed by atoms with van der Waals surface area (Å²) in [4.78, 5) is 23.7. The summed E-state index contributed by atoms with van der Waals surface area (Å²) in [6.45, 7) is 1.52. The van der Waals surface area contributed by atoms with E-state index in [0.717, 1.165) is 4.47 Å². The largest absolute Gasteiger partial charge is 0.375 e. The first-order valence-corrected chi connectivity index (χ1v) is 6.26. The Morgan fingerprint density at radius 2 is 2.22 bits per heavy atom. The topological polar surface area (TPSA) is 78.4 Å². The van der Waals surface area contributed by atoms with Crippen LogP contribution in [0.3, 0.4) is 0 Å². The first kappa shape index (κ1) is 13.0. The molecule has 1 aliphatic heterocycles. The Morgan fingerprint density at radius 1 is 1.56 bits per heavy atom. The van der Waals surface area contributed by atoms with Gasteiger partial charge in [-0.1, -0.05) is 15.9 Å². The number of anilines is 1. The molecule has 6 heteroatoms. The maximum Gasteiger partial charge on any atom is 0.261 e. The van der Waals surface area contributed by atoms with Crippen LogP contribution in [0.4, 0.5) is 5.69 Å². The lowest BCUT2D eigenvalue weighted by atomic mass is 9.83. The van der Waals surface area contributed by atoms with Crippen LogP contribution in [0.5, 0.6) is 0 Å². The van der Waals surface area contributed by atoms with Gasteiger partial charge < -0.3 is 15.7 Å². The zero-order valence-corrected chi connectivity index (χ0v) is 11.5. The molecule has 1 aromatic carbocycles. The summed E-state index contributed by atoms with van der Waals surface area (Å²) in [6.07, 6.45) is 0. The summed E-state index contributed by atoms with van der Waals surface area (Å²) in [5.74, 6) is -1.84. The first-order chi connectivity index (χ1) is 8.41. The third-order valence-electron chi connectivity index (χ3n) is 3.25. The minimum atomic E-state index is -1.83. The lowest BCUT2D eigenvalue weighted by Gasteiger charge is -2.26. The third kappa shape index (κ3) is 1.72. The van der Waals surface area contributed by atoms with Crippen molar-refractivity contribution in [3.05, 3.63) is 28.2 Å². The van der Waals surface area contributed by atoms with Crippen LogP contribution in [0.25, 0.3) is 0 Å². The van der Waals surface area contributed by atoms with Gasteiger partial charge in [-0.2, -0.15) is 0 Å². The second-order valence-electron chi connectivity index (χ2n) is 4.25. The fraction of sp³-hybridized carbons (Fsp3) is 0.333. The number of aliphatic hydroxyl groups is 1. The van der Waals surface area contributed by atoms with Gasteiger partial charge in [0.15, 0.2) is 5.60 Å². The van der Waals surface area contributed by atoms with Gasteiger partial charge in [0, 0.05) is 22.8 Å². The van der Waals surface area contributed by atoms with Crippen molar-refractivity contribution < 1.29 is 14.7 Å². The Bertz CT molecular complexity index is 532. The average Bonchev–Trinajstić information content (AvgIpc) is 2.61. The van der Waals surface area contributed by atoms with E-state index < -0.39 is 17.4 Å². The number of fused-ring (bicyclic) bond motifs is 1. The number of hydrogen-bond acceptors (Lipinski definition) is 3.